The van der Waals surface area contributed by atoms with E-state index in [0.717, 1.165) is 36.1 Å². The normalized spacial score (nSPS) is 24.0. The van der Waals surface area contributed by atoms with Gasteiger partial charge in [0.25, 0.3) is 0 Å². The lowest BCUT2D eigenvalue weighted by Gasteiger charge is -2.38. The largest absolute Gasteiger partial charge is 0.461 e. The van der Waals surface area contributed by atoms with Gasteiger partial charge in [-0.2, -0.15) is 0 Å². The number of nitrogens with zero attached hydrogens (tertiary/aromatic N) is 3. The second-order valence-electron chi connectivity index (χ2n) is 14.8. The van der Waals surface area contributed by atoms with Crippen molar-refractivity contribution < 1.29 is 47.1 Å². The van der Waals surface area contributed by atoms with Crippen LogP contribution in [0.3, 0.4) is 0 Å². The van der Waals surface area contributed by atoms with E-state index in [-0.39, 0.29) is 37.9 Å². The van der Waals surface area contributed by atoms with Crippen LogP contribution < -0.4 is 16.0 Å². The van der Waals surface area contributed by atoms with Crippen LogP contribution in [-0.4, -0.2) is 113 Å². The Balaban J connectivity index is 1.49. The van der Waals surface area contributed by atoms with E-state index in [1.165, 1.54) is 41.7 Å². The third kappa shape index (κ3) is 10.4. The maximum absolute atomic E-state index is 14.4. The second-order valence-corrected chi connectivity index (χ2v) is 14.8. The molecule has 5 rings (SSSR count). The fourth-order valence-electron chi connectivity index (χ4n) is 7.31. The number of nitrogens with one attached hydrogen (secondary N) is 3. The summed E-state index contributed by atoms with van der Waals surface area (Å²) in [7, 11) is 1.42. The Hall–Kier alpha value is -5.67. The first kappa shape index (κ1) is 42.5. The summed E-state index contributed by atoms with van der Waals surface area (Å²) in [5.74, 6) is -6.81. The Labute approximate surface area is 330 Å². The first-order valence-electron chi connectivity index (χ1n) is 19.3. The molecule has 0 unspecified atom stereocenters. The van der Waals surface area contributed by atoms with E-state index in [4.69, 9.17) is 4.74 Å². The van der Waals surface area contributed by atoms with Gasteiger partial charge in [0.1, 0.15) is 54.5 Å². The molecule has 57 heavy (non-hydrogen) atoms. The monoisotopic (exact) mass is 792 g/mol. The number of benzene rings is 2. The van der Waals surface area contributed by atoms with Crippen LogP contribution in [0.15, 0.2) is 54.6 Å². The van der Waals surface area contributed by atoms with Crippen LogP contribution in [0.4, 0.5) is 8.78 Å². The number of carbonyl (C=O) groups is 7. The zero-order chi connectivity index (χ0) is 41.4. The fourth-order valence-corrected chi connectivity index (χ4v) is 7.31. The average Bonchev–Trinajstić information content (AvgIpc) is 3.68. The molecule has 3 N–H and O–H groups in total. The van der Waals surface area contributed by atoms with Gasteiger partial charge in [0.2, 0.25) is 35.4 Å². The summed E-state index contributed by atoms with van der Waals surface area (Å²) in [5, 5.41) is 7.80. The first-order valence-corrected chi connectivity index (χ1v) is 19.3. The SMILES string of the molecule is CCCCC=CC(=O)N[C@@H](Cc1cc(F)cc(F)c1)C(=O)N[C@H]1COC(=O)[C@@H]2Cc3ccccc3CN2C(=O)[C@H](C)NC(=O)[C@H](C)N(C)C(=O)[C@@H]2CCCN2C1=O. The van der Waals surface area contributed by atoms with Gasteiger partial charge in [0.15, 0.2) is 0 Å². The summed E-state index contributed by atoms with van der Waals surface area (Å²) in [6.45, 7) is 4.37. The molecule has 3 aliphatic heterocycles. The van der Waals surface area contributed by atoms with Crippen molar-refractivity contribution in [2.24, 2.45) is 0 Å². The molecule has 2 fully saturated rings. The molecule has 6 amide bonds. The van der Waals surface area contributed by atoms with Gasteiger partial charge in [-0.15, -0.1) is 0 Å². The van der Waals surface area contributed by atoms with Crippen molar-refractivity contribution in [1.82, 2.24) is 30.7 Å². The number of fused-ring (bicyclic) bond motifs is 3. The van der Waals surface area contributed by atoms with Gasteiger partial charge < -0.3 is 35.4 Å². The highest BCUT2D eigenvalue weighted by atomic mass is 19.1. The van der Waals surface area contributed by atoms with Crippen molar-refractivity contribution >= 4 is 41.4 Å². The molecular formula is C41H50F2N6O8. The van der Waals surface area contributed by atoms with Gasteiger partial charge in [0.05, 0.1) is 0 Å². The molecule has 0 radical (unpaired) electrons. The van der Waals surface area contributed by atoms with Crippen molar-refractivity contribution in [2.45, 2.75) is 109 Å². The predicted molar refractivity (Wildman–Crippen MR) is 203 cm³/mol. The van der Waals surface area contributed by atoms with E-state index in [0.29, 0.717) is 18.9 Å². The van der Waals surface area contributed by atoms with E-state index in [9.17, 15) is 42.3 Å². The molecule has 3 heterocycles. The maximum atomic E-state index is 14.4. The topological polar surface area (TPSA) is 175 Å². The molecule has 0 aromatic heterocycles. The van der Waals surface area contributed by atoms with Gasteiger partial charge in [-0.05, 0) is 68.0 Å². The van der Waals surface area contributed by atoms with Crippen molar-refractivity contribution in [2.75, 3.05) is 20.2 Å². The molecule has 14 nitrogen and oxygen atoms in total. The number of allylic oxidation sites excluding steroid dienone is 1. The summed E-state index contributed by atoms with van der Waals surface area (Å²) >= 11 is 0. The smallest absolute Gasteiger partial charge is 0.329 e. The second kappa shape index (κ2) is 19.0. The number of cyclic esters (lactones) is 1. The minimum atomic E-state index is -1.60. The van der Waals surface area contributed by atoms with Gasteiger partial charge >= 0.3 is 5.97 Å². The molecule has 0 saturated carbocycles. The lowest BCUT2D eigenvalue weighted by Crippen LogP contribution is -2.61. The van der Waals surface area contributed by atoms with Gasteiger partial charge in [-0.1, -0.05) is 50.1 Å². The van der Waals surface area contributed by atoms with Crippen molar-refractivity contribution in [3.8, 4) is 0 Å². The highest BCUT2D eigenvalue weighted by Crippen LogP contribution is 2.26. The molecule has 306 valence electrons. The van der Waals surface area contributed by atoms with E-state index in [1.807, 2.05) is 19.1 Å². The highest BCUT2D eigenvalue weighted by molar-refractivity contribution is 5.98. The number of amides is 6. The highest BCUT2D eigenvalue weighted by Gasteiger charge is 2.43. The van der Waals surface area contributed by atoms with Crippen LogP contribution in [0.1, 0.15) is 69.6 Å². The number of esters is 1. The Kier molecular flexibility index (Phi) is 14.1. The molecule has 2 saturated heterocycles. The quantitative estimate of drug-likeness (QED) is 0.197. The third-order valence-electron chi connectivity index (χ3n) is 10.7. The average molecular weight is 793 g/mol. The van der Waals surface area contributed by atoms with Crippen LogP contribution in [0, 0.1) is 11.6 Å². The lowest BCUT2D eigenvalue weighted by molar-refractivity contribution is -0.160. The first-order chi connectivity index (χ1) is 27.2. The molecular weight excluding hydrogens is 742 g/mol. The molecule has 2 aromatic rings. The number of unbranched alkanes of at least 4 members (excludes halogenated alkanes) is 2. The summed E-state index contributed by atoms with van der Waals surface area (Å²) in [4.78, 5) is 100. The Morgan fingerprint density at radius 3 is 2.37 bits per heavy atom. The van der Waals surface area contributed by atoms with Crippen LogP contribution in [0.2, 0.25) is 0 Å². The molecule has 6 atom stereocenters. The molecule has 2 aromatic carbocycles. The van der Waals surface area contributed by atoms with Crippen molar-refractivity contribution in [1.29, 1.82) is 0 Å². The van der Waals surface area contributed by atoms with Gasteiger partial charge in [-0.3, -0.25) is 28.8 Å². The third-order valence-corrected chi connectivity index (χ3v) is 10.7. The van der Waals surface area contributed by atoms with Crippen LogP contribution in [0.5, 0.6) is 0 Å². The summed E-state index contributed by atoms with van der Waals surface area (Å²) in [5.41, 5.74) is 1.62. The van der Waals surface area contributed by atoms with Crippen molar-refractivity contribution in [3.05, 3.63) is 82.9 Å². The minimum absolute atomic E-state index is 0.0203. The molecule has 3 aliphatic rings. The number of ether oxygens (including phenoxy) is 1. The van der Waals surface area contributed by atoms with Crippen molar-refractivity contribution in [3.63, 3.8) is 0 Å². The Bertz CT molecular complexity index is 1890. The van der Waals surface area contributed by atoms with Gasteiger partial charge in [0, 0.05) is 39.0 Å². The number of likely N-dealkylation sites (N-methyl/N-ethyl adjacent to an activating group) is 1. The van der Waals surface area contributed by atoms with Crippen LogP contribution in [-0.2, 0) is 57.7 Å². The summed E-state index contributed by atoms with van der Waals surface area (Å²) < 4.78 is 34.2. The molecule has 0 spiro atoms. The number of halogens is 2. The standard InChI is InChI=1S/C41H50F2N6O8/c1-5-6-7-8-15-35(50)45-31(19-26-17-29(42)21-30(43)18-26)37(52)46-32-23-57-41(56)34-20-27-12-9-10-13-28(27)22-49(34)38(53)24(2)44-36(51)25(3)47(4)40(55)33-14-11-16-48(33)39(32)54/h8-10,12-13,15,17-18,21,24-25,31-34H,5-7,11,14,16,19-20,22-23H2,1-4H3,(H,44,51)(H,45,50)(H,46,52)/t24-,25-,31-,32-,33-,34-/m0/s1. The number of carbonyl (C=O) groups excluding carboxylic acids is 7. The fraction of sp³-hybridized carbons (Fsp3) is 0.488. The number of hydrogen-bond donors (Lipinski definition) is 3. The summed E-state index contributed by atoms with van der Waals surface area (Å²) in [6, 6.07) is 2.53. The zero-order valence-corrected chi connectivity index (χ0v) is 32.6. The predicted octanol–water partition coefficient (Wildman–Crippen LogP) is 2.08. The van der Waals surface area contributed by atoms with Gasteiger partial charge in [-0.25, -0.2) is 13.6 Å². The van der Waals surface area contributed by atoms with E-state index < -0.39 is 95.9 Å². The van der Waals surface area contributed by atoms with Crippen LogP contribution in [0.25, 0.3) is 0 Å². The lowest BCUT2D eigenvalue weighted by atomic mass is 9.93. The van der Waals surface area contributed by atoms with E-state index in [2.05, 4.69) is 16.0 Å². The molecule has 0 bridgehead atoms. The zero-order valence-electron chi connectivity index (χ0n) is 32.6. The molecule has 16 heteroatoms. The van der Waals surface area contributed by atoms with E-state index in [1.54, 1.807) is 18.2 Å². The van der Waals surface area contributed by atoms with Crippen LogP contribution >= 0.6 is 0 Å². The summed E-state index contributed by atoms with van der Waals surface area (Å²) in [6.07, 6.45) is 5.52. The Morgan fingerprint density at radius 1 is 0.965 bits per heavy atom. The number of hydrogen-bond acceptors (Lipinski definition) is 8. The minimum Gasteiger partial charge on any atom is -0.461 e. The Morgan fingerprint density at radius 2 is 1.67 bits per heavy atom. The maximum Gasteiger partial charge on any atom is 0.329 e. The van der Waals surface area contributed by atoms with E-state index >= 15 is 0 Å². The molecule has 0 aliphatic carbocycles. The number of rotatable bonds is 9.